The summed E-state index contributed by atoms with van der Waals surface area (Å²) in [5, 5.41) is 14.4. The molecule has 1 atom stereocenters. The molecule has 7 heteroatoms. The molecule has 0 radical (unpaired) electrons. The van der Waals surface area contributed by atoms with Gasteiger partial charge >= 0.3 is 0 Å². The first kappa shape index (κ1) is 25.1. The Balaban J connectivity index is 1.55. The van der Waals surface area contributed by atoms with Gasteiger partial charge in [-0.05, 0) is 90.6 Å². The lowest BCUT2D eigenvalue weighted by molar-refractivity contribution is 0.0590. The largest absolute Gasteiger partial charge is 0.322 e. The number of benzene rings is 1. The molecule has 7 nitrogen and oxygen atoms in total. The first-order valence-electron chi connectivity index (χ1n) is 14.1. The fourth-order valence-electron chi connectivity index (χ4n) is 6.51. The van der Waals surface area contributed by atoms with Crippen molar-refractivity contribution in [3.63, 3.8) is 0 Å². The molecule has 36 heavy (non-hydrogen) atoms. The summed E-state index contributed by atoms with van der Waals surface area (Å²) in [4.78, 5) is 19.1. The zero-order chi connectivity index (χ0) is 25.2. The second-order valence-electron chi connectivity index (χ2n) is 11.6. The zero-order valence-corrected chi connectivity index (χ0v) is 22.5. The highest BCUT2D eigenvalue weighted by atomic mass is 16.1. The Labute approximate surface area is 214 Å². The van der Waals surface area contributed by atoms with Crippen molar-refractivity contribution in [2.45, 2.75) is 117 Å². The molecule has 0 aliphatic heterocycles. The van der Waals surface area contributed by atoms with Crippen LogP contribution in [-0.4, -0.2) is 36.1 Å². The van der Waals surface area contributed by atoms with Gasteiger partial charge in [-0.2, -0.15) is 0 Å². The molecule has 2 aliphatic carbocycles. The Morgan fingerprint density at radius 3 is 2.33 bits per heavy atom. The topological polar surface area (TPSA) is 79.7 Å². The average Bonchev–Trinajstić information content (AvgIpc) is 3.35. The molecule has 2 heterocycles. The van der Waals surface area contributed by atoms with Crippen LogP contribution < -0.4 is 5.56 Å². The predicted octanol–water partition coefficient (Wildman–Crippen LogP) is 6.17. The Morgan fingerprint density at radius 2 is 1.64 bits per heavy atom. The number of aryl methyl sites for hydroxylation is 2. The van der Waals surface area contributed by atoms with Crippen LogP contribution in [0.25, 0.3) is 10.9 Å². The number of nitrogens with one attached hydrogen (secondary N) is 1. The Kier molecular flexibility index (Phi) is 7.56. The maximum absolute atomic E-state index is 13.3. The molecule has 1 aromatic carbocycles. The van der Waals surface area contributed by atoms with Gasteiger partial charge in [0.15, 0.2) is 5.82 Å². The summed E-state index contributed by atoms with van der Waals surface area (Å²) in [6, 6.07) is 7.27. The summed E-state index contributed by atoms with van der Waals surface area (Å²) in [5.41, 5.74) is 4.21. The monoisotopic (exact) mass is 490 g/mol. The van der Waals surface area contributed by atoms with E-state index >= 15 is 0 Å². The smallest absolute Gasteiger partial charge is 0.252 e. The summed E-state index contributed by atoms with van der Waals surface area (Å²) in [7, 11) is 0. The van der Waals surface area contributed by atoms with E-state index in [1.807, 2.05) is 0 Å². The van der Waals surface area contributed by atoms with Crippen LogP contribution in [0.1, 0.15) is 113 Å². The highest BCUT2D eigenvalue weighted by molar-refractivity contribution is 5.80. The van der Waals surface area contributed by atoms with Gasteiger partial charge < -0.3 is 4.98 Å². The van der Waals surface area contributed by atoms with Gasteiger partial charge in [0.1, 0.15) is 0 Å². The summed E-state index contributed by atoms with van der Waals surface area (Å²) < 4.78 is 2.14. The molecule has 5 rings (SSSR count). The number of H-pyrrole nitrogens is 1. The van der Waals surface area contributed by atoms with E-state index in [0.717, 1.165) is 48.0 Å². The van der Waals surface area contributed by atoms with Crippen LogP contribution in [0.15, 0.2) is 23.0 Å². The van der Waals surface area contributed by atoms with Crippen molar-refractivity contribution in [3.05, 3.63) is 51.1 Å². The van der Waals surface area contributed by atoms with Crippen LogP contribution in [0.3, 0.4) is 0 Å². The van der Waals surface area contributed by atoms with E-state index in [1.165, 1.54) is 49.7 Å². The van der Waals surface area contributed by atoms with Crippen molar-refractivity contribution in [1.29, 1.82) is 0 Å². The van der Waals surface area contributed by atoms with Crippen LogP contribution in [-0.2, 0) is 6.54 Å². The van der Waals surface area contributed by atoms with Gasteiger partial charge in [-0.1, -0.05) is 52.4 Å². The summed E-state index contributed by atoms with van der Waals surface area (Å²) >= 11 is 0. The maximum Gasteiger partial charge on any atom is 0.252 e. The molecule has 1 N–H and O–H groups in total. The van der Waals surface area contributed by atoms with E-state index in [2.05, 4.69) is 76.0 Å². The molecule has 194 valence electrons. The highest BCUT2D eigenvalue weighted by Gasteiger charge is 2.36. The molecule has 2 saturated carbocycles. The lowest BCUT2D eigenvalue weighted by atomic mass is 9.89. The number of pyridine rings is 1. The number of tetrazole rings is 1. The third-order valence-corrected chi connectivity index (χ3v) is 8.62. The fourth-order valence-corrected chi connectivity index (χ4v) is 6.51. The molecular formula is C29H42N6O. The summed E-state index contributed by atoms with van der Waals surface area (Å²) in [6.07, 6.45) is 12.2. The highest BCUT2D eigenvalue weighted by Crippen LogP contribution is 2.37. The average molecular weight is 491 g/mol. The van der Waals surface area contributed by atoms with Crippen molar-refractivity contribution < 1.29 is 0 Å². The Morgan fingerprint density at radius 1 is 0.972 bits per heavy atom. The van der Waals surface area contributed by atoms with Crippen molar-refractivity contribution in [1.82, 2.24) is 30.1 Å². The lowest BCUT2D eigenvalue weighted by Crippen LogP contribution is -2.43. The standard InChI is InChI=1S/C29H42N6O/c1-19(2)27(28-31-32-33-35(28)25-13-9-6-10-14-25)34(24-11-7-5-8-12-24)18-23-17-22-15-20(3)21(4)16-26(22)30-29(23)36/h15-17,19,24-25,27H,5-14,18H2,1-4H3,(H,30,36)/t27-/m1/s1. The second-order valence-corrected chi connectivity index (χ2v) is 11.6. The normalized spacial score (nSPS) is 18.9. The predicted molar refractivity (Wildman–Crippen MR) is 144 cm³/mol. The number of aromatic nitrogens is 5. The summed E-state index contributed by atoms with van der Waals surface area (Å²) in [5.74, 6) is 1.30. The van der Waals surface area contributed by atoms with Gasteiger partial charge in [0, 0.05) is 23.7 Å². The maximum atomic E-state index is 13.3. The van der Waals surface area contributed by atoms with Gasteiger partial charge in [-0.15, -0.1) is 5.10 Å². The molecular weight excluding hydrogens is 448 g/mol. The van der Waals surface area contributed by atoms with Gasteiger partial charge in [0.2, 0.25) is 0 Å². The van der Waals surface area contributed by atoms with Crippen LogP contribution in [0, 0.1) is 19.8 Å². The Hall–Kier alpha value is -2.54. The number of aromatic amines is 1. The number of rotatable bonds is 7. The van der Waals surface area contributed by atoms with Crippen molar-refractivity contribution in [2.24, 2.45) is 5.92 Å². The molecule has 0 amide bonds. The van der Waals surface area contributed by atoms with Crippen molar-refractivity contribution in [3.8, 4) is 0 Å². The van der Waals surface area contributed by atoms with Crippen LogP contribution >= 0.6 is 0 Å². The SMILES string of the molecule is Cc1cc2cc(CN(C3CCCCC3)[C@@H](c3nnnn3C3CCCCC3)C(C)C)c(=O)[nH]c2cc1C. The minimum atomic E-state index is 0.0148. The molecule has 3 aromatic rings. The van der Waals surface area contributed by atoms with E-state index in [0.29, 0.717) is 24.5 Å². The number of hydrogen-bond donors (Lipinski definition) is 1. The lowest BCUT2D eigenvalue weighted by Gasteiger charge is -2.41. The van der Waals surface area contributed by atoms with Crippen molar-refractivity contribution >= 4 is 10.9 Å². The Bertz CT molecular complexity index is 1230. The van der Waals surface area contributed by atoms with E-state index in [9.17, 15) is 4.79 Å². The molecule has 2 aromatic heterocycles. The van der Waals surface area contributed by atoms with Crippen LogP contribution in [0.5, 0.6) is 0 Å². The number of nitrogens with zero attached hydrogens (tertiary/aromatic N) is 5. The third kappa shape index (κ3) is 5.13. The molecule has 2 aliphatic rings. The summed E-state index contributed by atoms with van der Waals surface area (Å²) in [6.45, 7) is 9.39. The first-order chi connectivity index (χ1) is 17.4. The van der Waals surface area contributed by atoms with Gasteiger partial charge in [0.05, 0.1) is 12.1 Å². The van der Waals surface area contributed by atoms with Gasteiger partial charge in [-0.25, -0.2) is 4.68 Å². The second kappa shape index (κ2) is 10.8. The fraction of sp³-hybridized carbons (Fsp3) is 0.655. The quantitative estimate of drug-likeness (QED) is 0.428. The molecule has 0 saturated heterocycles. The minimum absolute atomic E-state index is 0.0148. The first-order valence-corrected chi connectivity index (χ1v) is 14.1. The van der Waals surface area contributed by atoms with Gasteiger partial charge in [-0.3, -0.25) is 9.69 Å². The molecule has 0 unspecified atom stereocenters. The van der Waals surface area contributed by atoms with Gasteiger partial charge in [0.25, 0.3) is 5.56 Å². The van der Waals surface area contributed by atoms with Crippen molar-refractivity contribution in [2.75, 3.05) is 0 Å². The van der Waals surface area contributed by atoms with E-state index < -0.39 is 0 Å². The molecule has 0 spiro atoms. The van der Waals surface area contributed by atoms with E-state index in [1.54, 1.807) is 0 Å². The number of hydrogen-bond acceptors (Lipinski definition) is 5. The van der Waals surface area contributed by atoms with Crippen LogP contribution in [0.4, 0.5) is 0 Å². The van der Waals surface area contributed by atoms with E-state index in [4.69, 9.17) is 0 Å². The van der Waals surface area contributed by atoms with Crippen LogP contribution in [0.2, 0.25) is 0 Å². The minimum Gasteiger partial charge on any atom is -0.322 e. The molecule has 0 bridgehead atoms. The number of fused-ring (bicyclic) bond motifs is 1. The molecule has 2 fully saturated rings. The zero-order valence-electron chi connectivity index (χ0n) is 22.5. The van der Waals surface area contributed by atoms with E-state index in [-0.39, 0.29) is 11.6 Å². The third-order valence-electron chi connectivity index (χ3n) is 8.62.